The van der Waals surface area contributed by atoms with E-state index in [1.807, 2.05) is 18.4 Å². The van der Waals surface area contributed by atoms with Gasteiger partial charge in [-0.05, 0) is 19.1 Å². The number of rotatable bonds is 7. The molecule has 0 saturated heterocycles. The summed E-state index contributed by atoms with van der Waals surface area (Å²) in [4.78, 5) is 16.6. The van der Waals surface area contributed by atoms with E-state index in [1.165, 1.54) is 51.0 Å². The van der Waals surface area contributed by atoms with Gasteiger partial charge in [-0.2, -0.15) is 5.26 Å². The summed E-state index contributed by atoms with van der Waals surface area (Å²) in [6.07, 6.45) is 1.38. The maximum absolute atomic E-state index is 12.3. The molecule has 0 unspecified atom stereocenters. The van der Waals surface area contributed by atoms with Crippen molar-refractivity contribution in [2.24, 2.45) is 0 Å². The first-order valence-corrected chi connectivity index (χ1v) is 8.30. The number of nitriles is 1. The lowest BCUT2D eigenvalue weighted by Gasteiger charge is -2.14. The highest BCUT2D eigenvalue weighted by molar-refractivity contribution is 7.10. The van der Waals surface area contributed by atoms with Crippen LogP contribution in [0.2, 0.25) is 0 Å². The second-order valence-electron chi connectivity index (χ2n) is 4.98. The molecule has 1 heterocycles. The Kier molecular flexibility index (Phi) is 6.41. The minimum absolute atomic E-state index is 0.295. The molecule has 9 heteroatoms. The molecular formula is C17H18N4O4S. The van der Waals surface area contributed by atoms with E-state index in [2.05, 4.69) is 15.8 Å². The maximum Gasteiger partial charge on any atom is 0.269 e. The molecule has 1 aromatic carbocycles. The molecule has 0 aliphatic heterocycles. The summed E-state index contributed by atoms with van der Waals surface area (Å²) in [5.74, 6) is 0.686. The summed E-state index contributed by atoms with van der Waals surface area (Å²) in [6, 6.07) is 5.09. The first-order valence-electron chi connectivity index (χ1n) is 7.42. The first-order chi connectivity index (χ1) is 12.5. The normalized spacial score (nSPS) is 10.7. The molecule has 0 saturated carbocycles. The molecule has 0 fully saturated rings. The molecule has 0 aliphatic rings. The van der Waals surface area contributed by atoms with Gasteiger partial charge in [0.15, 0.2) is 11.5 Å². The number of methoxy groups -OCH3 is 3. The summed E-state index contributed by atoms with van der Waals surface area (Å²) in [6.45, 7) is 1.84. The summed E-state index contributed by atoms with van der Waals surface area (Å²) in [7, 11) is 4.42. The average molecular weight is 374 g/mol. The Morgan fingerprint density at radius 2 is 1.88 bits per heavy atom. The van der Waals surface area contributed by atoms with Crippen molar-refractivity contribution in [1.82, 2.24) is 15.8 Å². The minimum atomic E-state index is -0.437. The fraction of sp³-hybridized carbons (Fsp3) is 0.235. The van der Waals surface area contributed by atoms with Crippen LogP contribution in [0.5, 0.6) is 17.2 Å². The topological polar surface area (TPSA) is 106 Å². The van der Waals surface area contributed by atoms with Crippen molar-refractivity contribution in [3.63, 3.8) is 0 Å². The second kappa shape index (κ2) is 8.73. The van der Waals surface area contributed by atoms with Gasteiger partial charge >= 0.3 is 0 Å². The van der Waals surface area contributed by atoms with E-state index < -0.39 is 5.91 Å². The van der Waals surface area contributed by atoms with Crippen LogP contribution in [0.25, 0.3) is 5.57 Å². The van der Waals surface area contributed by atoms with E-state index in [0.717, 1.165) is 5.69 Å². The average Bonchev–Trinajstić information content (AvgIpc) is 3.09. The van der Waals surface area contributed by atoms with Gasteiger partial charge in [0, 0.05) is 22.8 Å². The van der Waals surface area contributed by atoms with Crippen LogP contribution in [0.15, 0.2) is 23.7 Å². The predicted molar refractivity (Wildman–Crippen MR) is 97.1 cm³/mol. The number of aryl methyl sites for hydroxylation is 1. The van der Waals surface area contributed by atoms with Crippen molar-refractivity contribution >= 4 is 22.8 Å². The van der Waals surface area contributed by atoms with Crippen LogP contribution in [-0.4, -0.2) is 32.2 Å². The molecule has 0 bridgehead atoms. The zero-order chi connectivity index (χ0) is 19.1. The van der Waals surface area contributed by atoms with Gasteiger partial charge in [0.2, 0.25) is 5.75 Å². The number of nitrogens with one attached hydrogen (secondary N) is 2. The van der Waals surface area contributed by atoms with E-state index in [9.17, 15) is 10.1 Å². The number of hydrogen-bond acceptors (Lipinski definition) is 8. The highest BCUT2D eigenvalue weighted by Gasteiger charge is 2.16. The van der Waals surface area contributed by atoms with Crippen LogP contribution in [0.1, 0.15) is 21.1 Å². The smallest absolute Gasteiger partial charge is 0.269 e. The number of aromatic nitrogens is 1. The van der Waals surface area contributed by atoms with Crippen LogP contribution in [0, 0.1) is 18.3 Å². The molecule has 0 spiro atoms. The van der Waals surface area contributed by atoms with Gasteiger partial charge < -0.3 is 19.6 Å². The fourth-order valence-electron chi connectivity index (χ4n) is 2.08. The van der Waals surface area contributed by atoms with Gasteiger partial charge in [-0.25, -0.2) is 4.98 Å². The number of carbonyl (C=O) groups is 1. The molecular weight excluding hydrogens is 356 g/mol. The minimum Gasteiger partial charge on any atom is -0.493 e. The zero-order valence-electron chi connectivity index (χ0n) is 14.7. The summed E-state index contributed by atoms with van der Waals surface area (Å²) < 4.78 is 15.7. The highest BCUT2D eigenvalue weighted by atomic mass is 32.1. The Morgan fingerprint density at radius 3 is 2.35 bits per heavy atom. The van der Waals surface area contributed by atoms with Gasteiger partial charge in [-0.1, -0.05) is 0 Å². The van der Waals surface area contributed by atoms with Gasteiger partial charge in [0.1, 0.15) is 16.6 Å². The Labute approximate surface area is 155 Å². The Bertz CT molecular complexity index is 845. The standard InChI is InChI=1S/C17H18N4O4S/c1-10-9-26-17(20-10)12(7-18)8-19-21-16(22)11-5-13(23-2)15(25-4)14(6-11)24-3/h5-6,8-9,19H,1-4H3,(H,21,22)/b12-8+. The molecule has 2 aromatic rings. The number of carbonyl (C=O) groups excluding carboxylic acids is 1. The van der Waals surface area contributed by atoms with E-state index in [4.69, 9.17) is 14.2 Å². The molecule has 0 aliphatic carbocycles. The number of hydrogen-bond donors (Lipinski definition) is 2. The molecule has 0 atom stereocenters. The molecule has 1 aromatic heterocycles. The van der Waals surface area contributed by atoms with Crippen molar-refractivity contribution in [1.29, 1.82) is 5.26 Å². The molecule has 8 nitrogen and oxygen atoms in total. The van der Waals surface area contributed by atoms with Crippen molar-refractivity contribution in [3.05, 3.63) is 40.0 Å². The van der Waals surface area contributed by atoms with Crippen molar-refractivity contribution in [3.8, 4) is 23.3 Å². The van der Waals surface area contributed by atoms with Crippen LogP contribution in [0.3, 0.4) is 0 Å². The Morgan fingerprint density at radius 1 is 1.23 bits per heavy atom. The lowest BCUT2D eigenvalue weighted by Crippen LogP contribution is -2.33. The number of thiazole rings is 1. The van der Waals surface area contributed by atoms with Gasteiger partial charge in [-0.15, -0.1) is 11.3 Å². The third-order valence-corrected chi connectivity index (χ3v) is 4.29. The number of hydrazine groups is 1. The van der Waals surface area contributed by atoms with E-state index in [-0.39, 0.29) is 0 Å². The largest absolute Gasteiger partial charge is 0.493 e. The monoisotopic (exact) mass is 374 g/mol. The molecule has 136 valence electrons. The van der Waals surface area contributed by atoms with Crippen LogP contribution >= 0.6 is 11.3 Å². The van der Waals surface area contributed by atoms with Crippen molar-refractivity contribution < 1.29 is 19.0 Å². The third-order valence-electron chi connectivity index (χ3n) is 3.30. The van der Waals surface area contributed by atoms with Gasteiger partial charge in [-0.3, -0.25) is 10.2 Å². The van der Waals surface area contributed by atoms with Crippen LogP contribution < -0.4 is 25.1 Å². The van der Waals surface area contributed by atoms with Gasteiger partial charge in [0.05, 0.1) is 21.3 Å². The van der Waals surface area contributed by atoms with Crippen LogP contribution in [-0.2, 0) is 0 Å². The SMILES string of the molecule is COc1cc(C(=O)NN/C=C(\C#N)c2nc(C)cs2)cc(OC)c1OC. The quantitative estimate of drug-likeness (QED) is 0.566. The molecule has 26 heavy (non-hydrogen) atoms. The maximum atomic E-state index is 12.3. The molecule has 2 rings (SSSR count). The summed E-state index contributed by atoms with van der Waals surface area (Å²) in [5.41, 5.74) is 6.54. The highest BCUT2D eigenvalue weighted by Crippen LogP contribution is 2.38. The lowest BCUT2D eigenvalue weighted by molar-refractivity contribution is 0.0940. The molecule has 1 amide bonds. The Hall–Kier alpha value is -3.25. The second-order valence-corrected chi connectivity index (χ2v) is 5.83. The predicted octanol–water partition coefficient (Wildman–Crippen LogP) is 2.28. The molecule has 0 radical (unpaired) electrons. The number of nitrogens with zero attached hydrogens (tertiary/aromatic N) is 2. The third kappa shape index (κ3) is 4.23. The van der Waals surface area contributed by atoms with Crippen molar-refractivity contribution in [2.75, 3.05) is 21.3 Å². The molecule has 2 N–H and O–H groups in total. The summed E-state index contributed by atoms with van der Waals surface area (Å²) >= 11 is 1.35. The number of benzene rings is 1. The zero-order valence-corrected chi connectivity index (χ0v) is 15.6. The summed E-state index contributed by atoms with van der Waals surface area (Å²) in [5, 5.41) is 11.6. The first kappa shape index (κ1) is 19.1. The lowest BCUT2D eigenvalue weighted by atomic mass is 10.1. The number of amides is 1. The van der Waals surface area contributed by atoms with Crippen LogP contribution in [0.4, 0.5) is 0 Å². The van der Waals surface area contributed by atoms with E-state index in [1.54, 1.807) is 0 Å². The number of allylic oxidation sites excluding steroid dienone is 1. The van der Waals surface area contributed by atoms with E-state index in [0.29, 0.717) is 33.4 Å². The van der Waals surface area contributed by atoms with E-state index >= 15 is 0 Å². The Balaban J connectivity index is 2.15. The number of ether oxygens (including phenoxy) is 3. The fourth-order valence-corrected chi connectivity index (χ4v) is 2.84. The van der Waals surface area contributed by atoms with Gasteiger partial charge in [0.25, 0.3) is 5.91 Å². The van der Waals surface area contributed by atoms with Crippen molar-refractivity contribution in [2.45, 2.75) is 6.92 Å².